The summed E-state index contributed by atoms with van der Waals surface area (Å²) in [6.07, 6.45) is 2.27. The zero-order valence-corrected chi connectivity index (χ0v) is 15.1. The minimum Gasteiger partial charge on any atom is -0.497 e. The Morgan fingerprint density at radius 1 is 1.08 bits per heavy atom. The van der Waals surface area contributed by atoms with Gasteiger partial charge in [-0.25, -0.2) is 0 Å². The summed E-state index contributed by atoms with van der Waals surface area (Å²) < 4.78 is 15.9. The highest BCUT2D eigenvalue weighted by Gasteiger charge is 2.29. The van der Waals surface area contributed by atoms with Crippen molar-refractivity contribution < 1.29 is 19.1 Å². The minimum absolute atomic E-state index is 0.189. The first-order chi connectivity index (χ1) is 11.3. The maximum atomic E-state index is 10.7. The molecule has 0 aliphatic heterocycles. The van der Waals surface area contributed by atoms with E-state index >= 15 is 0 Å². The highest BCUT2D eigenvalue weighted by atomic mass is 16.5. The Kier molecular flexibility index (Phi) is 5.67. The van der Waals surface area contributed by atoms with E-state index in [9.17, 15) is 5.11 Å². The summed E-state index contributed by atoms with van der Waals surface area (Å²) in [6.45, 7) is 5.83. The Morgan fingerprint density at radius 2 is 1.75 bits per heavy atom. The molecule has 2 rings (SSSR count). The van der Waals surface area contributed by atoms with Crippen molar-refractivity contribution in [1.29, 1.82) is 0 Å². The number of ether oxygens (including phenoxy) is 2. The molecule has 0 aliphatic rings. The van der Waals surface area contributed by atoms with Gasteiger partial charge in [-0.2, -0.15) is 0 Å². The molecule has 0 bridgehead atoms. The third kappa shape index (κ3) is 4.58. The molecule has 5 heteroatoms. The van der Waals surface area contributed by atoms with Crippen LogP contribution in [0, 0.1) is 0 Å². The van der Waals surface area contributed by atoms with E-state index in [1.54, 1.807) is 27.2 Å². The lowest BCUT2D eigenvalue weighted by Crippen LogP contribution is -2.25. The predicted octanol–water partition coefficient (Wildman–Crippen LogP) is 4.15. The number of benzene rings is 1. The standard InChI is InChI=1S/C19H27NO4/c1-18(2,23-5)11-6-12-19(3,21)17-13-16(20-24-17)14-7-9-15(22-4)10-8-14/h7-10,13,21H,6,11-12H2,1-5H3. The van der Waals surface area contributed by atoms with Crippen LogP contribution in [-0.2, 0) is 10.3 Å². The van der Waals surface area contributed by atoms with Crippen molar-refractivity contribution >= 4 is 0 Å². The summed E-state index contributed by atoms with van der Waals surface area (Å²) in [5.41, 5.74) is 0.375. The molecule has 2 aromatic rings. The molecule has 0 radical (unpaired) electrons. The molecule has 0 aliphatic carbocycles. The van der Waals surface area contributed by atoms with Gasteiger partial charge in [0.05, 0.1) is 12.7 Å². The average Bonchev–Trinajstić information content (AvgIpc) is 3.05. The van der Waals surface area contributed by atoms with Gasteiger partial charge in [0.2, 0.25) is 0 Å². The molecule has 1 aromatic heterocycles. The molecule has 0 saturated heterocycles. The second kappa shape index (κ2) is 7.36. The monoisotopic (exact) mass is 333 g/mol. The van der Waals surface area contributed by atoms with Crippen LogP contribution in [0.5, 0.6) is 5.75 Å². The summed E-state index contributed by atoms with van der Waals surface area (Å²) >= 11 is 0. The number of hydrogen-bond acceptors (Lipinski definition) is 5. The zero-order valence-electron chi connectivity index (χ0n) is 15.1. The fraction of sp³-hybridized carbons (Fsp3) is 0.526. The summed E-state index contributed by atoms with van der Waals surface area (Å²) in [5, 5.41) is 14.8. The van der Waals surface area contributed by atoms with Gasteiger partial charge < -0.3 is 19.1 Å². The minimum atomic E-state index is -1.05. The second-order valence-corrected chi connectivity index (χ2v) is 6.90. The molecule has 1 heterocycles. The molecule has 1 N–H and O–H groups in total. The molecule has 5 nitrogen and oxygen atoms in total. The molecule has 0 spiro atoms. The number of hydrogen-bond donors (Lipinski definition) is 1. The third-order valence-corrected chi connectivity index (χ3v) is 4.42. The third-order valence-electron chi connectivity index (χ3n) is 4.42. The number of methoxy groups -OCH3 is 2. The van der Waals surface area contributed by atoms with Crippen LogP contribution in [-0.4, -0.2) is 30.1 Å². The molecule has 0 saturated carbocycles. The molecule has 0 fully saturated rings. The Morgan fingerprint density at radius 3 is 2.33 bits per heavy atom. The number of rotatable bonds is 8. The van der Waals surface area contributed by atoms with Crippen molar-refractivity contribution in [2.24, 2.45) is 0 Å². The lowest BCUT2D eigenvalue weighted by molar-refractivity contribution is -0.00854. The van der Waals surface area contributed by atoms with E-state index in [0.717, 1.165) is 24.2 Å². The molecule has 1 unspecified atom stereocenters. The summed E-state index contributed by atoms with van der Waals surface area (Å²) in [5.74, 6) is 1.26. The normalized spacial score (nSPS) is 14.4. The Hall–Kier alpha value is -1.85. The van der Waals surface area contributed by atoms with E-state index in [1.807, 2.05) is 38.1 Å². The summed E-state index contributed by atoms with van der Waals surface area (Å²) in [7, 11) is 3.33. The summed E-state index contributed by atoms with van der Waals surface area (Å²) in [6, 6.07) is 9.36. The van der Waals surface area contributed by atoms with E-state index in [-0.39, 0.29) is 5.60 Å². The Labute approximate surface area is 143 Å². The number of nitrogens with zero attached hydrogens (tertiary/aromatic N) is 1. The van der Waals surface area contributed by atoms with Crippen LogP contribution in [0.1, 0.15) is 45.8 Å². The van der Waals surface area contributed by atoms with Crippen LogP contribution in [0.3, 0.4) is 0 Å². The van der Waals surface area contributed by atoms with Gasteiger partial charge in [0.25, 0.3) is 0 Å². The fourth-order valence-electron chi connectivity index (χ4n) is 2.51. The first-order valence-corrected chi connectivity index (χ1v) is 8.16. The first kappa shape index (κ1) is 18.5. The van der Waals surface area contributed by atoms with Crippen LogP contribution in [0.25, 0.3) is 11.3 Å². The van der Waals surface area contributed by atoms with Gasteiger partial charge in [-0.1, -0.05) is 5.16 Å². The van der Waals surface area contributed by atoms with Crippen LogP contribution < -0.4 is 4.74 Å². The largest absolute Gasteiger partial charge is 0.497 e. The fourth-order valence-corrected chi connectivity index (χ4v) is 2.51. The van der Waals surface area contributed by atoms with Crippen molar-refractivity contribution in [3.8, 4) is 17.0 Å². The molecule has 132 valence electrons. The maximum absolute atomic E-state index is 10.7. The quantitative estimate of drug-likeness (QED) is 0.786. The SMILES string of the molecule is COc1ccc(-c2cc(C(C)(O)CCCC(C)(C)OC)on2)cc1. The van der Waals surface area contributed by atoms with E-state index in [2.05, 4.69) is 5.16 Å². The van der Waals surface area contributed by atoms with Gasteiger partial charge in [-0.3, -0.25) is 0 Å². The van der Waals surface area contributed by atoms with Crippen molar-refractivity contribution in [2.45, 2.75) is 51.2 Å². The van der Waals surface area contributed by atoms with Gasteiger partial charge in [0.15, 0.2) is 5.76 Å². The van der Waals surface area contributed by atoms with E-state index in [1.165, 1.54) is 0 Å². The lowest BCUT2D eigenvalue weighted by atomic mass is 9.92. The smallest absolute Gasteiger partial charge is 0.168 e. The van der Waals surface area contributed by atoms with Gasteiger partial charge >= 0.3 is 0 Å². The van der Waals surface area contributed by atoms with Crippen molar-refractivity contribution in [2.75, 3.05) is 14.2 Å². The highest BCUT2D eigenvalue weighted by molar-refractivity contribution is 5.60. The zero-order chi connectivity index (χ0) is 17.8. The van der Waals surface area contributed by atoms with Gasteiger partial charge in [0.1, 0.15) is 17.0 Å². The number of aromatic nitrogens is 1. The Bertz CT molecular complexity index is 644. The molecular formula is C19H27NO4. The highest BCUT2D eigenvalue weighted by Crippen LogP contribution is 2.31. The first-order valence-electron chi connectivity index (χ1n) is 8.16. The predicted molar refractivity (Wildman–Crippen MR) is 93.0 cm³/mol. The average molecular weight is 333 g/mol. The van der Waals surface area contributed by atoms with E-state index < -0.39 is 5.60 Å². The maximum Gasteiger partial charge on any atom is 0.168 e. The van der Waals surface area contributed by atoms with Crippen LogP contribution in [0.2, 0.25) is 0 Å². The number of aliphatic hydroxyl groups is 1. The molecule has 0 amide bonds. The topological polar surface area (TPSA) is 64.7 Å². The van der Waals surface area contributed by atoms with Crippen molar-refractivity contribution in [3.05, 3.63) is 36.1 Å². The van der Waals surface area contributed by atoms with E-state index in [4.69, 9.17) is 14.0 Å². The van der Waals surface area contributed by atoms with E-state index in [0.29, 0.717) is 17.9 Å². The lowest BCUT2D eigenvalue weighted by Gasteiger charge is -2.25. The molecule has 24 heavy (non-hydrogen) atoms. The van der Waals surface area contributed by atoms with Gasteiger partial charge in [-0.05, 0) is 64.3 Å². The van der Waals surface area contributed by atoms with Gasteiger partial charge in [-0.15, -0.1) is 0 Å². The van der Waals surface area contributed by atoms with Crippen LogP contribution in [0.15, 0.2) is 34.9 Å². The van der Waals surface area contributed by atoms with Crippen LogP contribution in [0.4, 0.5) is 0 Å². The molecule has 1 aromatic carbocycles. The molecule has 1 atom stereocenters. The summed E-state index contributed by atoms with van der Waals surface area (Å²) in [4.78, 5) is 0. The second-order valence-electron chi connectivity index (χ2n) is 6.90. The van der Waals surface area contributed by atoms with Crippen molar-refractivity contribution in [3.63, 3.8) is 0 Å². The van der Waals surface area contributed by atoms with Gasteiger partial charge in [0, 0.05) is 18.7 Å². The Balaban J connectivity index is 2.04. The molecular weight excluding hydrogens is 306 g/mol. The van der Waals surface area contributed by atoms with Crippen LogP contribution >= 0.6 is 0 Å². The van der Waals surface area contributed by atoms with Crippen molar-refractivity contribution in [1.82, 2.24) is 5.16 Å².